The Balaban J connectivity index is 1.44. The van der Waals surface area contributed by atoms with Crippen molar-refractivity contribution < 1.29 is 22.4 Å². The van der Waals surface area contributed by atoms with Crippen molar-refractivity contribution in [2.24, 2.45) is 0 Å². The van der Waals surface area contributed by atoms with E-state index in [1.165, 1.54) is 17.8 Å². The van der Waals surface area contributed by atoms with Gasteiger partial charge < -0.3 is 4.42 Å². The van der Waals surface area contributed by atoms with Crippen LogP contribution in [0.4, 0.5) is 13.2 Å². The van der Waals surface area contributed by atoms with E-state index in [0.29, 0.717) is 34.6 Å². The molecule has 2 aromatic carbocycles. The molecule has 0 aliphatic carbocycles. The Hall–Kier alpha value is -2.55. The van der Waals surface area contributed by atoms with Gasteiger partial charge in [0.1, 0.15) is 18.1 Å². The first kappa shape index (κ1) is 20.7. The summed E-state index contributed by atoms with van der Waals surface area (Å²) in [7, 11) is 0. The van der Waals surface area contributed by atoms with E-state index in [1.807, 2.05) is 30.3 Å². The number of thioether (sulfide) groups is 1. The fourth-order valence-electron chi connectivity index (χ4n) is 2.91. The van der Waals surface area contributed by atoms with E-state index >= 15 is 0 Å². The summed E-state index contributed by atoms with van der Waals surface area (Å²) in [5.74, 6) is 0.885. The molecule has 2 heterocycles. The summed E-state index contributed by atoms with van der Waals surface area (Å²) in [6.45, 7) is 0.887. The van der Waals surface area contributed by atoms with Gasteiger partial charge in [0, 0.05) is 10.5 Å². The second-order valence-corrected chi connectivity index (χ2v) is 8.32. The van der Waals surface area contributed by atoms with Gasteiger partial charge in [0.2, 0.25) is 0 Å². The van der Waals surface area contributed by atoms with E-state index < -0.39 is 11.7 Å². The molecule has 1 aliphatic rings. The molecule has 0 radical (unpaired) electrons. The highest BCUT2D eigenvalue weighted by Gasteiger charge is 2.30. The van der Waals surface area contributed by atoms with Crippen molar-refractivity contribution in [1.82, 2.24) is 5.06 Å². The largest absolute Gasteiger partial charge is 0.457 e. The van der Waals surface area contributed by atoms with E-state index in [2.05, 4.69) is 0 Å². The predicted octanol–water partition coefficient (Wildman–Crippen LogP) is 6.77. The summed E-state index contributed by atoms with van der Waals surface area (Å²) in [5.41, 5.74) is 0.743. The number of hydroxylamine groups is 2. The smallest absolute Gasteiger partial charge is 0.416 e. The molecule has 0 amide bonds. The molecule has 0 saturated carbocycles. The van der Waals surface area contributed by atoms with Gasteiger partial charge in [0.15, 0.2) is 4.32 Å². The van der Waals surface area contributed by atoms with Crippen LogP contribution >= 0.6 is 24.0 Å². The van der Waals surface area contributed by atoms with Crippen LogP contribution in [0.3, 0.4) is 0 Å². The van der Waals surface area contributed by atoms with Crippen LogP contribution in [0.25, 0.3) is 17.4 Å². The molecular weight excluding hydrogens is 431 g/mol. The standard InChI is InChI=1S/C22H16F3NO2S2/c23-22(24,25)17-8-4-7-16(11-17)20-10-9-18(28-20)12-19-14-27-26(21(29)30-19)13-15-5-2-1-3-6-15/h1-12H,13-14H2/b19-12+. The van der Waals surface area contributed by atoms with Gasteiger partial charge in [-0.3, -0.25) is 4.84 Å². The summed E-state index contributed by atoms with van der Waals surface area (Å²) in [5, 5.41) is 1.67. The minimum Gasteiger partial charge on any atom is -0.457 e. The van der Waals surface area contributed by atoms with Gasteiger partial charge in [-0.1, -0.05) is 66.4 Å². The first-order valence-corrected chi connectivity index (χ1v) is 10.3. The number of furan rings is 1. The number of hydrogen-bond donors (Lipinski definition) is 0. The molecule has 0 atom stereocenters. The Kier molecular flexibility index (Phi) is 5.99. The van der Waals surface area contributed by atoms with Crippen LogP contribution < -0.4 is 0 Å². The topological polar surface area (TPSA) is 25.6 Å². The van der Waals surface area contributed by atoms with Crippen molar-refractivity contribution in [3.05, 3.63) is 88.5 Å². The van der Waals surface area contributed by atoms with E-state index in [1.54, 1.807) is 29.3 Å². The van der Waals surface area contributed by atoms with Gasteiger partial charge in [-0.05, 0) is 35.9 Å². The monoisotopic (exact) mass is 447 g/mol. The molecule has 1 saturated heterocycles. The van der Waals surface area contributed by atoms with Crippen LogP contribution in [0.1, 0.15) is 16.9 Å². The number of nitrogens with zero attached hydrogens (tertiary/aromatic N) is 1. The Bertz CT molecular complexity index is 1080. The first-order valence-electron chi connectivity index (χ1n) is 9.03. The second-order valence-electron chi connectivity index (χ2n) is 6.55. The molecule has 1 aromatic heterocycles. The van der Waals surface area contributed by atoms with Gasteiger partial charge in [-0.25, -0.2) is 5.06 Å². The van der Waals surface area contributed by atoms with E-state index in [0.717, 1.165) is 22.6 Å². The zero-order valence-corrected chi connectivity index (χ0v) is 17.2. The Labute approximate surface area is 181 Å². The quantitative estimate of drug-likeness (QED) is 0.411. The number of thiocarbonyl (C=S) groups is 1. The van der Waals surface area contributed by atoms with Crippen molar-refractivity contribution in [2.45, 2.75) is 12.7 Å². The lowest BCUT2D eigenvalue weighted by molar-refractivity contribution is -0.137. The average Bonchev–Trinajstić information content (AvgIpc) is 3.19. The Morgan fingerprint density at radius 2 is 1.83 bits per heavy atom. The zero-order valence-electron chi connectivity index (χ0n) is 15.6. The van der Waals surface area contributed by atoms with Gasteiger partial charge in [-0.15, -0.1) is 0 Å². The highest BCUT2D eigenvalue weighted by molar-refractivity contribution is 8.25. The van der Waals surface area contributed by atoms with Crippen LogP contribution in [-0.4, -0.2) is 16.0 Å². The van der Waals surface area contributed by atoms with Crippen LogP contribution in [0, 0.1) is 0 Å². The van der Waals surface area contributed by atoms with Crippen molar-refractivity contribution in [1.29, 1.82) is 0 Å². The summed E-state index contributed by atoms with van der Waals surface area (Å²) in [4.78, 5) is 6.62. The van der Waals surface area contributed by atoms with Crippen LogP contribution in [-0.2, 0) is 17.6 Å². The van der Waals surface area contributed by atoms with Gasteiger partial charge in [0.25, 0.3) is 0 Å². The fourth-order valence-corrected chi connectivity index (χ4v) is 4.08. The molecule has 0 spiro atoms. The Morgan fingerprint density at radius 1 is 1.03 bits per heavy atom. The summed E-state index contributed by atoms with van der Waals surface area (Å²) in [6.07, 6.45) is -2.61. The third kappa shape index (κ3) is 4.95. The molecule has 8 heteroatoms. The van der Waals surface area contributed by atoms with E-state index in [-0.39, 0.29) is 0 Å². The van der Waals surface area contributed by atoms with Crippen molar-refractivity contribution in [3.63, 3.8) is 0 Å². The molecule has 154 valence electrons. The first-order chi connectivity index (χ1) is 14.4. The van der Waals surface area contributed by atoms with E-state index in [9.17, 15) is 13.2 Å². The number of benzene rings is 2. The van der Waals surface area contributed by atoms with Crippen LogP contribution in [0.15, 0.2) is 76.1 Å². The van der Waals surface area contributed by atoms with Crippen LogP contribution in [0.5, 0.6) is 0 Å². The zero-order chi connectivity index (χ0) is 21.1. The molecular formula is C22H16F3NO2S2. The summed E-state index contributed by atoms with van der Waals surface area (Å²) in [6, 6.07) is 18.3. The lowest BCUT2D eigenvalue weighted by atomic mass is 10.1. The predicted molar refractivity (Wildman–Crippen MR) is 115 cm³/mol. The van der Waals surface area contributed by atoms with Crippen LogP contribution in [0.2, 0.25) is 0 Å². The third-order valence-corrected chi connectivity index (χ3v) is 5.69. The lowest BCUT2D eigenvalue weighted by Crippen LogP contribution is -2.31. The summed E-state index contributed by atoms with van der Waals surface area (Å²) >= 11 is 6.84. The maximum absolute atomic E-state index is 12.9. The number of rotatable bonds is 4. The molecule has 30 heavy (non-hydrogen) atoms. The molecule has 1 fully saturated rings. The molecule has 0 unspecified atom stereocenters. The highest BCUT2D eigenvalue weighted by atomic mass is 32.2. The molecule has 3 aromatic rings. The molecule has 4 rings (SSSR count). The summed E-state index contributed by atoms with van der Waals surface area (Å²) < 4.78 is 45.1. The normalized spacial score (nSPS) is 16.3. The molecule has 0 bridgehead atoms. The van der Waals surface area contributed by atoms with Crippen molar-refractivity contribution in [2.75, 3.05) is 6.61 Å². The highest BCUT2D eigenvalue weighted by Crippen LogP contribution is 2.34. The fraction of sp³-hybridized carbons (Fsp3) is 0.136. The molecule has 1 aliphatic heterocycles. The maximum Gasteiger partial charge on any atom is 0.416 e. The average molecular weight is 448 g/mol. The number of alkyl halides is 3. The van der Waals surface area contributed by atoms with Crippen molar-refractivity contribution in [3.8, 4) is 11.3 Å². The van der Waals surface area contributed by atoms with Gasteiger partial charge in [0.05, 0.1) is 12.1 Å². The third-order valence-electron chi connectivity index (χ3n) is 4.36. The second kappa shape index (κ2) is 8.67. The Morgan fingerprint density at radius 3 is 2.57 bits per heavy atom. The molecule has 0 N–H and O–H groups in total. The minimum absolute atomic E-state index is 0.331. The lowest BCUT2D eigenvalue weighted by Gasteiger charge is -2.29. The SMILES string of the molecule is FC(F)(F)c1cccc(-c2ccc(/C=C3\CON(Cc4ccccc4)C(=S)S3)o2)c1. The maximum atomic E-state index is 12.9. The van der Waals surface area contributed by atoms with Gasteiger partial charge in [-0.2, -0.15) is 13.2 Å². The number of hydrogen-bond acceptors (Lipinski definition) is 4. The number of halogens is 3. The van der Waals surface area contributed by atoms with E-state index in [4.69, 9.17) is 21.5 Å². The van der Waals surface area contributed by atoms with Crippen molar-refractivity contribution >= 4 is 34.4 Å². The van der Waals surface area contributed by atoms with Gasteiger partial charge >= 0.3 is 6.18 Å². The minimum atomic E-state index is -4.40. The molecule has 3 nitrogen and oxygen atoms in total.